The van der Waals surface area contributed by atoms with E-state index >= 15 is 0 Å². The number of rotatable bonds is 9. The molecule has 0 unspecified atom stereocenters. The van der Waals surface area contributed by atoms with Gasteiger partial charge in [-0.15, -0.1) is 0 Å². The van der Waals surface area contributed by atoms with Gasteiger partial charge in [0.1, 0.15) is 5.82 Å². The molecule has 0 aromatic heterocycles. The van der Waals surface area contributed by atoms with Gasteiger partial charge >= 0.3 is 0 Å². The molecule has 3 amide bonds. The third-order valence-electron chi connectivity index (χ3n) is 4.38. The number of carbonyl (C=O) groups is 3. The number of hydrogen-bond donors (Lipinski definition) is 1. The SMILES string of the molecule is O=C(CCSCCCCN1C(=O)c2ccccc2C1=O)Nc1cccc(F)c1. The fourth-order valence-corrected chi connectivity index (χ4v) is 3.92. The lowest BCUT2D eigenvalue weighted by molar-refractivity contribution is -0.115. The average molecular weight is 400 g/mol. The number of nitrogens with one attached hydrogen (secondary N) is 1. The molecule has 0 saturated carbocycles. The number of halogens is 1. The Morgan fingerprint density at radius 2 is 1.68 bits per heavy atom. The van der Waals surface area contributed by atoms with Crippen molar-refractivity contribution in [3.05, 3.63) is 65.5 Å². The highest BCUT2D eigenvalue weighted by molar-refractivity contribution is 7.99. The summed E-state index contributed by atoms with van der Waals surface area (Å²) in [5.41, 5.74) is 1.41. The van der Waals surface area contributed by atoms with Crippen LogP contribution in [0.15, 0.2) is 48.5 Å². The monoisotopic (exact) mass is 400 g/mol. The van der Waals surface area contributed by atoms with Gasteiger partial charge in [0, 0.05) is 24.4 Å². The first-order valence-corrected chi connectivity index (χ1v) is 10.3. The van der Waals surface area contributed by atoms with Crippen LogP contribution in [0.3, 0.4) is 0 Å². The van der Waals surface area contributed by atoms with Crippen molar-refractivity contribution in [2.24, 2.45) is 0 Å². The van der Waals surface area contributed by atoms with Crippen molar-refractivity contribution in [1.29, 1.82) is 0 Å². The third kappa shape index (κ3) is 4.98. The highest BCUT2D eigenvalue weighted by Gasteiger charge is 2.34. The number of unbranched alkanes of at least 4 members (excludes halogenated alkanes) is 1. The molecule has 2 aromatic rings. The van der Waals surface area contributed by atoms with Crippen LogP contribution in [0.5, 0.6) is 0 Å². The summed E-state index contributed by atoms with van der Waals surface area (Å²) in [4.78, 5) is 37.6. The van der Waals surface area contributed by atoms with E-state index in [0.29, 0.717) is 35.5 Å². The molecule has 2 aromatic carbocycles. The topological polar surface area (TPSA) is 66.5 Å². The van der Waals surface area contributed by atoms with E-state index in [9.17, 15) is 18.8 Å². The molecule has 1 aliphatic rings. The van der Waals surface area contributed by atoms with Crippen molar-refractivity contribution in [2.45, 2.75) is 19.3 Å². The maximum atomic E-state index is 13.1. The van der Waals surface area contributed by atoms with Gasteiger partial charge in [0.2, 0.25) is 5.91 Å². The fourth-order valence-electron chi connectivity index (χ4n) is 2.97. The van der Waals surface area contributed by atoms with E-state index in [2.05, 4.69) is 5.32 Å². The molecule has 0 radical (unpaired) electrons. The molecule has 28 heavy (non-hydrogen) atoms. The van der Waals surface area contributed by atoms with Gasteiger partial charge in [-0.2, -0.15) is 11.8 Å². The number of hydrogen-bond acceptors (Lipinski definition) is 4. The van der Waals surface area contributed by atoms with Crippen LogP contribution in [-0.2, 0) is 4.79 Å². The van der Waals surface area contributed by atoms with Crippen molar-refractivity contribution >= 4 is 35.2 Å². The first kappa shape index (κ1) is 20.1. The van der Waals surface area contributed by atoms with Gasteiger partial charge in [0.15, 0.2) is 0 Å². The summed E-state index contributed by atoms with van der Waals surface area (Å²) >= 11 is 1.64. The Morgan fingerprint density at radius 1 is 0.964 bits per heavy atom. The van der Waals surface area contributed by atoms with Gasteiger partial charge in [0.25, 0.3) is 11.8 Å². The van der Waals surface area contributed by atoms with E-state index < -0.39 is 0 Å². The summed E-state index contributed by atoms with van der Waals surface area (Å²) in [6, 6.07) is 12.7. The summed E-state index contributed by atoms with van der Waals surface area (Å²) in [7, 11) is 0. The lowest BCUT2D eigenvalue weighted by Crippen LogP contribution is -2.30. The molecule has 0 saturated heterocycles. The molecule has 5 nitrogen and oxygen atoms in total. The highest BCUT2D eigenvalue weighted by Crippen LogP contribution is 2.22. The Balaban J connectivity index is 1.29. The standard InChI is InChI=1S/C21H21FN2O3S/c22-15-6-5-7-16(14-15)23-19(25)10-13-28-12-4-3-11-24-20(26)17-8-1-2-9-18(17)21(24)27/h1-2,5-9,14H,3-4,10-13H2,(H,23,25). The molecular weight excluding hydrogens is 379 g/mol. The lowest BCUT2D eigenvalue weighted by atomic mass is 10.1. The van der Waals surface area contributed by atoms with Crippen LogP contribution < -0.4 is 5.32 Å². The van der Waals surface area contributed by atoms with Gasteiger partial charge < -0.3 is 5.32 Å². The Kier molecular flexibility index (Phi) is 6.81. The molecule has 0 bridgehead atoms. The van der Waals surface area contributed by atoms with Gasteiger partial charge in [-0.05, 0) is 48.9 Å². The summed E-state index contributed by atoms with van der Waals surface area (Å²) < 4.78 is 13.1. The van der Waals surface area contributed by atoms with Crippen LogP contribution in [0.25, 0.3) is 0 Å². The zero-order valence-corrected chi connectivity index (χ0v) is 16.1. The Morgan fingerprint density at radius 3 is 2.36 bits per heavy atom. The second-order valence-corrected chi connectivity index (χ2v) is 7.66. The Hall–Kier alpha value is -2.67. The van der Waals surface area contributed by atoms with E-state index in [0.717, 1.165) is 18.6 Å². The van der Waals surface area contributed by atoms with Crippen molar-refractivity contribution in [3.63, 3.8) is 0 Å². The van der Waals surface area contributed by atoms with E-state index in [1.807, 2.05) is 0 Å². The molecule has 3 rings (SSSR count). The predicted octanol–water partition coefficient (Wildman–Crippen LogP) is 3.96. The average Bonchev–Trinajstić information content (AvgIpc) is 2.92. The summed E-state index contributed by atoms with van der Waals surface area (Å²) in [5, 5.41) is 2.67. The van der Waals surface area contributed by atoms with E-state index in [4.69, 9.17) is 0 Å². The van der Waals surface area contributed by atoms with Crippen molar-refractivity contribution in [2.75, 3.05) is 23.4 Å². The van der Waals surface area contributed by atoms with Crippen LogP contribution in [0.2, 0.25) is 0 Å². The van der Waals surface area contributed by atoms with Crippen molar-refractivity contribution < 1.29 is 18.8 Å². The number of imide groups is 1. The number of fused-ring (bicyclic) bond motifs is 1. The first-order valence-electron chi connectivity index (χ1n) is 9.14. The molecule has 1 aliphatic heterocycles. The third-order valence-corrected chi connectivity index (χ3v) is 5.45. The fraction of sp³-hybridized carbons (Fsp3) is 0.286. The zero-order chi connectivity index (χ0) is 19.9. The van der Waals surface area contributed by atoms with Crippen molar-refractivity contribution in [1.82, 2.24) is 4.90 Å². The van der Waals surface area contributed by atoms with Crippen molar-refractivity contribution in [3.8, 4) is 0 Å². The second-order valence-electron chi connectivity index (χ2n) is 6.44. The summed E-state index contributed by atoms with van der Waals surface area (Å²) in [6.07, 6.45) is 1.93. The highest BCUT2D eigenvalue weighted by atomic mass is 32.2. The maximum Gasteiger partial charge on any atom is 0.261 e. The molecular formula is C21H21FN2O3S. The molecule has 1 N–H and O–H groups in total. The Bertz CT molecular complexity index is 852. The molecule has 0 atom stereocenters. The number of thioether (sulfide) groups is 1. The molecule has 0 aliphatic carbocycles. The second kappa shape index (κ2) is 9.50. The van der Waals surface area contributed by atoms with E-state index in [1.54, 1.807) is 48.2 Å². The van der Waals surface area contributed by atoms with E-state index in [1.165, 1.54) is 17.0 Å². The smallest absolute Gasteiger partial charge is 0.261 e. The van der Waals surface area contributed by atoms with Gasteiger partial charge in [0.05, 0.1) is 11.1 Å². The molecule has 0 spiro atoms. The number of carbonyl (C=O) groups excluding carboxylic acids is 3. The quantitative estimate of drug-likeness (QED) is 0.511. The van der Waals surface area contributed by atoms with E-state index in [-0.39, 0.29) is 23.5 Å². The largest absolute Gasteiger partial charge is 0.326 e. The minimum absolute atomic E-state index is 0.149. The first-order chi connectivity index (χ1) is 13.6. The number of benzene rings is 2. The Labute approximate surface area is 167 Å². The predicted molar refractivity (Wildman–Crippen MR) is 108 cm³/mol. The minimum Gasteiger partial charge on any atom is -0.326 e. The molecule has 1 heterocycles. The number of anilines is 1. The summed E-state index contributed by atoms with van der Waals surface area (Å²) in [6.45, 7) is 0.410. The molecule has 146 valence electrons. The van der Waals surface area contributed by atoms with Crippen LogP contribution >= 0.6 is 11.8 Å². The van der Waals surface area contributed by atoms with Crippen LogP contribution in [0.4, 0.5) is 10.1 Å². The van der Waals surface area contributed by atoms with Gasteiger partial charge in [-0.25, -0.2) is 4.39 Å². The zero-order valence-electron chi connectivity index (χ0n) is 15.3. The minimum atomic E-state index is -0.384. The summed E-state index contributed by atoms with van der Waals surface area (Å²) in [5.74, 6) is 0.531. The lowest BCUT2D eigenvalue weighted by Gasteiger charge is -2.13. The number of nitrogens with zero attached hydrogens (tertiary/aromatic N) is 1. The van der Waals surface area contributed by atoms with Crippen LogP contribution in [-0.4, -0.2) is 40.7 Å². The van der Waals surface area contributed by atoms with Crippen LogP contribution in [0.1, 0.15) is 40.0 Å². The van der Waals surface area contributed by atoms with Gasteiger partial charge in [-0.3, -0.25) is 19.3 Å². The molecule has 0 fully saturated rings. The normalized spacial score (nSPS) is 13.0. The van der Waals surface area contributed by atoms with Gasteiger partial charge in [-0.1, -0.05) is 18.2 Å². The number of amides is 3. The van der Waals surface area contributed by atoms with Crippen LogP contribution in [0, 0.1) is 5.82 Å². The maximum absolute atomic E-state index is 13.1. The molecule has 7 heteroatoms.